The van der Waals surface area contributed by atoms with Crippen LogP contribution >= 0.6 is 11.9 Å². The Labute approximate surface area is 205 Å². The van der Waals surface area contributed by atoms with Crippen molar-refractivity contribution in [1.29, 1.82) is 0 Å². The molecule has 2 amide bonds. The second-order valence-corrected chi connectivity index (χ2v) is 10.3. The highest BCUT2D eigenvalue weighted by molar-refractivity contribution is 7.98. The highest BCUT2D eigenvalue weighted by atomic mass is 32.2. The van der Waals surface area contributed by atoms with Gasteiger partial charge in [-0.25, -0.2) is 9.18 Å². The number of urea groups is 1. The summed E-state index contributed by atoms with van der Waals surface area (Å²) in [5.41, 5.74) is 3.42. The van der Waals surface area contributed by atoms with Crippen molar-refractivity contribution >= 4 is 23.7 Å². The Morgan fingerprint density at radius 2 is 1.68 bits per heavy atom. The summed E-state index contributed by atoms with van der Waals surface area (Å²) >= 11 is 1.14. The SMILES string of the molecule is CC(C)c1ccc(F)c(C(C)C)c1NC(=O)NSc1cc(-c2ccncc2)cc(C(C)(C)O)c1. The number of anilines is 1. The number of nitrogens with zero attached hydrogens (tertiary/aromatic N) is 1. The number of halogens is 1. The van der Waals surface area contributed by atoms with Crippen molar-refractivity contribution < 1.29 is 14.3 Å². The first-order chi connectivity index (χ1) is 16.0. The zero-order chi connectivity index (χ0) is 25.0. The second-order valence-electron chi connectivity index (χ2n) is 9.43. The van der Waals surface area contributed by atoms with Gasteiger partial charge < -0.3 is 10.4 Å². The second kappa shape index (κ2) is 10.6. The van der Waals surface area contributed by atoms with Gasteiger partial charge in [0.25, 0.3) is 0 Å². The van der Waals surface area contributed by atoms with E-state index < -0.39 is 11.6 Å². The van der Waals surface area contributed by atoms with E-state index in [1.54, 1.807) is 32.3 Å². The molecule has 0 aliphatic heterocycles. The zero-order valence-corrected chi connectivity index (χ0v) is 21.3. The minimum atomic E-state index is -1.06. The van der Waals surface area contributed by atoms with Gasteiger partial charge in [-0.05, 0) is 96.3 Å². The summed E-state index contributed by atoms with van der Waals surface area (Å²) in [6.45, 7) is 11.3. The number of hydrogen-bond acceptors (Lipinski definition) is 4. The molecule has 0 fully saturated rings. The lowest BCUT2D eigenvalue weighted by molar-refractivity contribution is 0.0784. The molecule has 0 aliphatic rings. The number of rotatable bonds is 7. The van der Waals surface area contributed by atoms with Gasteiger partial charge in [0.05, 0.1) is 11.3 Å². The third-order valence-electron chi connectivity index (χ3n) is 5.55. The highest BCUT2D eigenvalue weighted by Crippen LogP contribution is 2.35. The van der Waals surface area contributed by atoms with Gasteiger partial charge in [0.2, 0.25) is 0 Å². The molecule has 1 aromatic heterocycles. The number of amides is 2. The van der Waals surface area contributed by atoms with Crippen molar-refractivity contribution in [2.45, 2.75) is 63.9 Å². The van der Waals surface area contributed by atoms with Crippen LogP contribution in [0.2, 0.25) is 0 Å². The molecule has 2 aromatic carbocycles. The van der Waals surface area contributed by atoms with Crippen molar-refractivity contribution in [1.82, 2.24) is 9.71 Å². The van der Waals surface area contributed by atoms with Crippen LogP contribution in [0.15, 0.2) is 59.8 Å². The summed E-state index contributed by atoms with van der Waals surface area (Å²) in [4.78, 5) is 17.7. The number of aliphatic hydroxyl groups is 1. The Morgan fingerprint density at radius 1 is 1.00 bits per heavy atom. The molecular weight excluding hydrogens is 449 g/mol. The molecule has 0 aliphatic carbocycles. The Morgan fingerprint density at radius 3 is 2.26 bits per heavy atom. The normalized spacial score (nSPS) is 11.7. The molecule has 7 heteroatoms. The summed E-state index contributed by atoms with van der Waals surface area (Å²) in [6, 6.07) is 12.2. The number of hydrogen-bond donors (Lipinski definition) is 3. The van der Waals surface area contributed by atoms with Gasteiger partial charge in [0.1, 0.15) is 5.82 Å². The number of benzene rings is 2. The number of pyridine rings is 1. The Kier molecular flexibility index (Phi) is 8.00. The minimum Gasteiger partial charge on any atom is -0.386 e. The van der Waals surface area contributed by atoms with Crippen LogP contribution in [0.3, 0.4) is 0 Å². The molecule has 0 saturated heterocycles. The summed E-state index contributed by atoms with van der Waals surface area (Å²) < 4.78 is 17.4. The molecule has 0 unspecified atom stereocenters. The lowest BCUT2D eigenvalue weighted by Gasteiger charge is -2.21. The first kappa shape index (κ1) is 25.7. The van der Waals surface area contributed by atoms with E-state index in [9.17, 15) is 14.3 Å². The molecule has 3 aromatic rings. The van der Waals surface area contributed by atoms with E-state index >= 15 is 0 Å². The van der Waals surface area contributed by atoms with Crippen LogP contribution < -0.4 is 10.0 Å². The summed E-state index contributed by atoms with van der Waals surface area (Å²) in [6.07, 6.45) is 3.42. The van der Waals surface area contributed by atoms with Gasteiger partial charge in [-0.3, -0.25) is 9.71 Å². The lowest BCUT2D eigenvalue weighted by atomic mass is 9.92. The molecule has 3 N–H and O–H groups in total. The molecule has 34 heavy (non-hydrogen) atoms. The van der Waals surface area contributed by atoms with Crippen LogP contribution in [-0.4, -0.2) is 16.1 Å². The first-order valence-electron chi connectivity index (χ1n) is 11.3. The van der Waals surface area contributed by atoms with E-state index in [1.807, 2.05) is 58.0 Å². The third-order valence-corrected chi connectivity index (χ3v) is 6.31. The Bertz CT molecular complexity index is 1160. The average Bonchev–Trinajstić information content (AvgIpc) is 2.77. The molecule has 0 saturated carbocycles. The minimum absolute atomic E-state index is 0.0898. The topological polar surface area (TPSA) is 74.2 Å². The van der Waals surface area contributed by atoms with Crippen molar-refractivity contribution in [2.24, 2.45) is 0 Å². The number of carbonyl (C=O) groups is 1. The van der Waals surface area contributed by atoms with Crippen molar-refractivity contribution in [3.8, 4) is 11.1 Å². The number of nitrogens with one attached hydrogen (secondary N) is 2. The fourth-order valence-electron chi connectivity index (χ4n) is 3.76. The quantitative estimate of drug-likeness (QED) is 0.312. The van der Waals surface area contributed by atoms with E-state index in [4.69, 9.17) is 0 Å². The van der Waals surface area contributed by atoms with E-state index in [0.29, 0.717) is 11.3 Å². The standard InChI is InChI=1S/C27H32FN3O2S/c1-16(2)22-7-8-23(28)24(17(3)4)25(22)30-26(32)31-34-21-14-19(18-9-11-29-12-10-18)13-20(15-21)27(5,6)33/h7-17,33H,1-6H3,(H2,30,31,32). The maximum Gasteiger partial charge on any atom is 0.329 e. The summed E-state index contributed by atoms with van der Waals surface area (Å²) in [5.74, 6) is -0.303. The van der Waals surface area contributed by atoms with Gasteiger partial charge in [-0.15, -0.1) is 0 Å². The fraction of sp³-hybridized carbons (Fsp3) is 0.333. The lowest BCUT2D eigenvalue weighted by Crippen LogP contribution is -2.25. The summed E-state index contributed by atoms with van der Waals surface area (Å²) in [7, 11) is 0. The van der Waals surface area contributed by atoms with Gasteiger partial charge in [-0.2, -0.15) is 0 Å². The molecule has 0 atom stereocenters. The Balaban J connectivity index is 1.87. The Hall–Kier alpha value is -2.90. The highest BCUT2D eigenvalue weighted by Gasteiger charge is 2.21. The van der Waals surface area contributed by atoms with Gasteiger partial charge in [-0.1, -0.05) is 33.8 Å². The van der Waals surface area contributed by atoms with Crippen molar-refractivity contribution in [2.75, 3.05) is 5.32 Å². The van der Waals surface area contributed by atoms with Crippen LogP contribution in [-0.2, 0) is 5.60 Å². The molecule has 0 radical (unpaired) electrons. The van der Waals surface area contributed by atoms with Gasteiger partial charge in [0.15, 0.2) is 0 Å². The van der Waals surface area contributed by atoms with Gasteiger partial charge >= 0.3 is 6.03 Å². The predicted molar refractivity (Wildman–Crippen MR) is 138 cm³/mol. The molecule has 3 rings (SSSR count). The third kappa shape index (κ3) is 6.15. The van der Waals surface area contributed by atoms with E-state index in [2.05, 4.69) is 15.0 Å². The van der Waals surface area contributed by atoms with Crippen molar-refractivity contribution in [3.63, 3.8) is 0 Å². The van der Waals surface area contributed by atoms with E-state index in [1.165, 1.54) is 6.07 Å². The average molecular weight is 482 g/mol. The predicted octanol–water partition coefficient (Wildman–Crippen LogP) is 7.19. The van der Waals surface area contributed by atoms with Crippen LogP contribution in [0.5, 0.6) is 0 Å². The van der Waals surface area contributed by atoms with E-state index in [-0.39, 0.29) is 17.7 Å². The van der Waals surface area contributed by atoms with Crippen LogP contribution in [0, 0.1) is 5.82 Å². The number of carbonyl (C=O) groups excluding carboxylic acids is 1. The maximum atomic E-state index is 14.6. The van der Waals surface area contributed by atoms with Crippen LogP contribution in [0.25, 0.3) is 11.1 Å². The monoisotopic (exact) mass is 481 g/mol. The zero-order valence-electron chi connectivity index (χ0n) is 20.4. The van der Waals surface area contributed by atoms with Crippen molar-refractivity contribution in [3.05, 3.63) is 77.4 Å². The van der Waals surface area contributed by atoms with Crippen LogP contribution in [0.4, 0.5) is 14.9 Å². The van der Waals surface area contributed by atoms with Gasteiger partial charge in [0, 0.05) is 22.9 Å². The molecular formula is C27H32FN3O2S. The molecule has 180 valence electrons. The molecule has 0 spiro atoms. The smallest absolute Gasteiger partial charge is 0.329 e. The largest absolute Gasteiger partial charge is 0.386 e. The van der Waals surface area contributed by atoms with Crippen LogP contribution in [0.1, 0.15) is 70.1 Å². The molecule has 5 nitrogen and oxygen atoms in total. The first-order valence-corrected chi connectivity index (χ1v) is 12.1. The number of aromatic nitrogens is 1. The maximum absolute atomic E-state index is 14.6. The molecule has 0 bridgehead atoms. The van der Waals surface area contributed by atoms with E-state index in [0.717, 1.165) is 39.1 Å². The summed E-state index contributed by atoms with van der Waals surface area (Å²) in [5, 5.41) is 13.5. The fourth-order valence-corrected chi connectivity index (χ4v) is 4.40. The molecule has 1 heterocycles.